The number of ether oxygens (including phenoxy) is 1. The van der Waals surface area contributed by atoms with Crippen LogP contribution in [0.5, 0.6) is 5.75 Å². The molecule has 7 heteroatoms. The Labute approximate surface area is 148 Å². The van der Waals surface area contributed by atoms with Crippen molar-refractivity contribution in [1.82, 2.24) is 9.71 Å². The second kappa shape index (κ2) is 7.01. The molecular formula is C18H24N2O4S. The van der Waals surface area contributed by atoms with E-state index in [2.05, 4.69) is 30.5 Å². The Kier molecular flexibility index (Phi) is 5.39. The molecule has 0 bridgehead atoms. The molecule has 1 heterocycles. The zero-order chi connectivity index (χ0) is 18.8. The minimum absolute atomic E-state index is 0.0727. The summed E-state index contributed by atoms with van der Waals surface area (Å²) in [6.07, 6.45) is 2.66. The van der Waals surface area contributed by atoms with Gasteiger partial charge in [-0.15, -0.1) is 0 Å². The molecule has 0 unspecified atom stereocenters. The van der Waals surface area contributed by atoms with Crippen LogP contribution in [0.3, 0.4) is 0 Å². The van der Waals surface area contributed by atoms with Gasteiger partial charge < -0.3 is 9.72 Å². The van der Waals surface area contributed by atoms with Crippen molar-refractivity contribution < 1.29 is 13.2 Å². The summed E-state index contributed by atoms with van der Waals surface area (Å²) in [5.74, 6) is 0.661. The van der Waals surface area contributed by atoms with Gasteiger partial charge in [0.15, 0.2) is 0 Å². The molecular weight excluding hydrogens is 340 g/mol. The van der Waals surface area contributed by atoms with E-state index < -0.39 is 10.0 Å². The van der Waals surface area contributed by atoms with Crippen LogP contribution in [0.4, 0.5) is 0 Å². The second-order valence-electron chi connectivity index (χ2n) is 6.97. The third-order valence-electron chi connectivity index (χ3n) is 3.87. The number of H-pyrrole nitrogens is 1. The van der Waals surface area contributed by atoms with Crippen LogP contribution in [0.25, 0.3) is 11.1 Å². The molecule has 0 aliphatic rings. The first-order valence-electron chi connectivity index (χ1n) is 7.87. The van der Waals surface area contributed by atoms with Gasteiger partial charge in [0, 0.05) is 23.9 Å². The van der Waals surface area contributed by atoms with Crippen LogP contribution in [0.2, 0.25) is 0 Å². The standard InChI is InChI=1S/C18H24N2O4S/c1-18(2,3)15-10-14(13-7-6-8-19-17(13)21)12(9-16(15)24-4)11-20-25(5,22)23/h6-10,20H,11H2,1-5H3,(H,19,21). The SMILES string of the molecule is COc1cc(CNS(C)(=O)=O)c(-c2ccc[nH]c2=O)cc1C(C)(C)C. The van der Waals surface area contributed by atoms with Crippen molar-refractivity contribution in [3.8, 4) is 16.9 Å². The zero-order valence-corrected chi connectivity index (χ0v) is 16.0. The molecule has 0 amide bonds. The average Bonchev–Trinajstić information content (AvgIpc) is 2.51. The van der Waals surface area contributed by atoms with E-state index in [4.69, 9.17) is 4.74 Å². The molecule has 1 aromatic carbocycles. The number of hydrogen-bond acceptors (Lipinski definition) is 4. The van der Waals surface area contributed by atoms with Crippen LogP contribution in [0, 0.1) is 0 Å². The zero-order valence-electron chi connectivity index (χ0n) is 15.1. The number of nitrogens with one attached hydrogen (secondary N) is 2. The van der Waals surface area contributed by atoms with Gasteiger partial charge in [-0.25, -0.2) is 13.1 Å². The van der Waals surface area contributed by atoms with E-state index in [1.165, 1.54) is 0 Å². The van der Waals surface area contributed by atoms with Crippen LogP contribution in [0.1, 0.15) is 31.9 Å². The van der Waals surface area contributed by atoms with E-state index in [9.17, 15) is 13.2 Å². The molecule has 6 nitrogen and oxygen atoms in total. The monoisotopic (exact) mass is 364 g/mol. The van der Waals surface area contributed by atoms with Gasteiger partial charge in [0.25, 0.3) is 5.56 Å². The normalized spacial score (nSPS) is 12.2. The van der Waals surface area contributed by atoms with Crippen LogP contribution >= 0.6 is 0 Å². The lowest BCUT2D eigenvalue weighted by Crippen LogP contribution is -2.23. The Bertz CT molecular complexity index is 925. The Hall–Kier alpha value is -2.12. The number of sulfonamides is 1. The third-order valence-corrected chi connectivity index (χ3v) is 4.54. The first-order valence-corrected chi connectivity index (χ1v) is 9.76. The minimum Gasteiger partial charge on any atom is -0.496 e. The summed E-state index contributed by atoms with van der Waals surface area (Å²) in [6, 6.07) is 7.16. The lowest BCUT2D eigenvalue weighted by atomic mass is 9.83. The van der Waals surface area contributed by atoms with Crippen molar-refractivity contribution in [3.63, 3.8) is 0 Å². The molecule has 0 saturated heterocycles. The van der Waals surface area contributed by atoms with Crippen molar-refractivity contribution in [1.29, 1.82) is 0 Å². The largest absolute Gasteiger partial charge is 0.496 e. The fourth-order valence-electron chi connectivity index (χ4n) is 2.62. The molecule has 0 radical (unpaired) electrons. The van der Waals surface area contributed by atoms with E-state index in [0.29, 0.717) is 22.4 Å². The van der Waals surface area contributed by atoms with Crippen molar-refractivity contribution in [2.24, 2.45) is 0 Å². The molecule has 0 spiro atoms. The van der Waals surface area contributed by atoms with Gasteiger partial charge in [0.1, 0.15) is 5.75 Å². The van der Waals surface area contributed by atoms with Crippen molar-refractivity contribution in [2.45, 2.75) is 32.7 Å². The van der Waals surface area contributed by atoms with Gasteiger partial charge in [0.2, 0.25) is 10.0 Å². The van der Waals surface area contributed by atoms with Crippen molar-refractivity contribution >= 4 is 10.0 Å². The number of aromatic amines is 1. The summed E-state index contributed by atoms with van der Waals surface area (Å²) >= 11 is 0. The highest BCUT2D eigenvalue weighted by Gasteiger charge is 2.23. The van der Waals surface area contributed by atoms with E-state index in [1.807, 2.05) is 6.07 Å². The lowest BCUT2D eigenvalue weighted by molar-refractivity contribution is 0.397. The maximum absolute atomic E-state index is 12.3. The number of pyridine rings is 1. The second-order valence-corrected chi connectivity index (χ2v) is 8.80. The van der Waals surface area contributed by atoms with Crippen molar-refractivity contribution in [3.05, 3.63) is 51.9 Å². The Morgan fingerprint density at radius 1 is 1.20 bits per heavy atom. The van der Waals surface area contributed by atoms with Crippen LogP contribution < -0.4 is 15.0 Å². The highest BCUT2D eigenvalue weighted by Crippen LogP contribution is 2.36. The molecule has 0 saturated carbocycles. The maximum atomic E-state index is 12.3. The summed E-state index contributed by atoms with van der Waals surface area (Å²) in [6.45, 7) is 6.23. The molecule has 1 aromatic heterocycles. The predicted molar refractivity (Wildman–Crippen MR) is 99.4 cm³/mol. The highest BCUT2D eigenvalue weighted by molar-refractivity contribution is 7.88. The average molecular weight is 364 g/mol. The van der Waals surface area contributed by atoms with E-state index in [0.717, 1.165) is 11.8 Å². The summed E-state index contributed by atoms with van der Waals surface area (Å²) < 4.78 is 31.0. The third kappa shape index (κ3) is 4.70. The summed E-state index contributed by atoms with van der Waals surface area (Å²) in [4.78, 5) is 14.9. The number of aromatic nitrogens is 1. The fraction of sp³-hybridized carbons (Fsp3) is 0.389. The lowest BCUT2D eigenvalue weighted by Gasteiger charge is -2.24. The quantitative estimate of drug-likeness (QED) is 0.853. The number of methoxy groups -OCH3 is 1. The topological polar surface area (TPSA) is 88.3 Å². The fourth-order valence-corrected chi connectivity index (χ4v) is 3.03. The number of rotatable bonds is 5. The van der Waals surface area contributed by atoms with E-state index >= 15 is 0 Å². The Balaban J connectivity index is 2.72. The number of hydrogen-bond donors (Lipinski definition) is 2. The minimum atomic E-state index is -3.37. The smallest absolute Gasteiger partial charge is 0.255 e. The molecule has 0 aliphatic carbocycles. The van der Waals surface area contributed by atoms with E-state index in [-0.39, 0.29) is 17.5 Å². The van der Waals surface area contributed by atoms with Crippen LogP contribution in [-0.2, 0) is 22.0 Å². The Morgan fingerprint density at radius 3 is 2.40 bits per heavy atom. The summed E-state index contributed by atoms with van der Waals surface area (Å²) in [5, 5.41) is 0. The molecule has 2 aromatic rings. The molecule has 2 rings (SSSR count). The van der Waals surface area contributed by atoms with Crippen LogP contribution in [0.15, 0.2) is 35.3 Å². The molecule has 0 aliphatic heterocycles. The van der Waals surface area contributed by atoms with Gasteiger partial charge >= 0.3 is 0 Å². The molecule has 0 atom stereocenters. The summed E-state index contributed by atoms with van der Waals surface area (Å²) in [7, 11) is -1.79. The van der Waals surface area contributed by atoms with Gasteiger partial charge in [-0.05, 0) is 40.8 Å². The van der Waals surface area contributed by atoms with Crippen LogP contribution in [-0.4, -0.2) is 26.8 Å². The van der Waals surface area contributed by atoms with Gasteiger partial charge in [0.05, 0.1) is 13.4 Å². The molecule has 25 heavy (non-hydrogen) atoms. The molecule has 2 N–H and O–H groups in total. The first kappa shape index (κ1) is 19.2. The first-order chi connectivity index (χ1) is 11.5. The maximum Gasteiger partial charge on any atom is 0.255 e. The Morgan fingerprint density at radius 2 is 1.88 bits per heavy atom. The highest BCUT2D eigenvalue weighted by atomic mass is 32.2. The molecule has 136 valence electrons. The van der Waals surface area contributed by atoms with Gasteiger partial charge in [-0.2, -0.15) is 0 Å². The predicted octanol–water partition coefficient (Wildman–Crippen LogP) is 2.40. The van der Waals surface area contributed by atoms with Gasteiger partial charge in [-0.1, -0.05) is 20.8 Å². The summed E-state index contributed by atoms with van der Waals surface area (Å²) in [5.41, 5.74) is 2.35. The van der Waals surface area contributed by atoms with E-state index in [1.54, 1.807) is 31.5 Å². The van der Waals surface area contributed by atoms with Crippen molar-refractivity contribution in [2.75, 3.05) is 13.4 Å². The van der Waals surface area contributed by atoms with Gasteiger partial charge in [-0.3, -0.25) is 4.79 Å². The number of benzene rings is 1. The molecule has 0 fully saturated rings.